The quantitative estimate of drug-likeness (QED) is 0.759. The van der Waals surface area contributed by atoms with E-state index in [0.29, 0.717) is 11.7 Å². The van der Waals surface area contributed by atoms with Crippen LogP contribution in [0, 0.1) is 17.8 Å². The Morgan fingerprint density at radius 1 is 1.17 bits per heavy atom. The van der Waals surface area contributed by atoms with Gasteiger partial charge in [0.1, 0.15) is 5.78 Å². The Bertz CT molecular complexity index is 284. The van der Waals surface area contributed by atoms with Gasteiger partial charge in [-0.1, -0.05) is 40.0 Å². The van der Waals surface area contributed by atoms with Gasteiger partial charge in [0.15, 0.2) is 0 Å². The second-order valence-corrected chi connectivity index (χ2v) is 6.72. The van der Waals surface area contributed by atoms with E-state index in [9.17, 15) is 4.79 Å². The zero-order valence-electron chi connectivity index (χ0n) is 12.2. The molecule has 0 aromatic carbocycles. The van der Waals surface area contributed by atoms with Gasteiger partial charge >= 0.3 is 0 Å². The van der Waals surface area contributed by atoms with Crippen molar-refractivity contribution >= 4 is 5.78 Å². The van der Waals surface area contributed by atoms with E-state index in [-0.39, 0.29) is 17.4 Å². The van der Waals surface area contributed by atoms with Crippen LogP contribution in [-0.2, 0) is 9.53 Å². The van der Waals surface area contributed by atoms with Crippen LogP contribution in [0.5, 0.6) is 0 Å². The number of ketones is 1. The molecule has 2 aliphatic rings. The summed E-state index contributed by atoms with van der Waals surface area (Å²) < 4.78 is 6.07. The lowest BCUT2D eigenvalue weighted by molar-refractivity contribution is -0.146. The molecule has 104 valence electrons. The molecule has 1 heterocycles. The molecule has 1 saturated heterocycles. The third-order valence-electron chi connectivity index (χ3n) is 5.11. The first kappa shape index (κ1) is 14.0. The van der Waals surface area contributed by atoms with Crippen molar-refractivity contribution in [3.05, 3.63) is 0 Å². The van der Waals surface area contributed by atoms with Crippen LogP contribution in [0.25, 0.3) is 0 Å². The molecule has 0 N–H and O–H groups in total. The lowest BCUT2D eigenvalue weighted by atomic mass is 9.72. The Balaban J connectivity index is 1.99. The summed E-state index contributed by atoms with van der Waals surface area (Å²) in [5.41, 5.74) is 0.0630. The molecular weight excluding hydrogens is 224 g/mol. The molecule has 0 amide bonds. The van der Waals surface area contributed by atoms with Crippen LogP contribution >= 0.6 is 0 Å². The number of carbonyl (C=O) groups is 1. The highest BCUT2D eigenvalue weighted by Crippen LogP contribution is 2.41. The van der Waals surface area contributed by atoms with Gasteiger partial charge in [-0.25, -0.2) is 0 Å². The highest BCUT2D eigenvalue weighted by molar-refractivity contribution is 5.83. The lowest BCUT2D eigenvalue weighted by Crippen LogP contribution is -2.44. The van der Waals surface area contributed by atoms with Crippen molar-refractivity contribution in [3.63, 3.8) is 0 Å². The van der Waals surface area contributed by atoms with Crippen LogP contribution in [-0.4, -0.2) is 18.0 Å². The smallest absolute Gasteiger partial charge is 0.139 e. The second-order valence-electron chi connectivity index (χ2n) is 6.72. The van der Waals surface area contributed by atoms with Gasteiger partial charge in [-0.15, -0.1) is 0 Å². The van der Waals surface area contributed by atoms with E-state index < -0.39 is 0 Å². The Labute approximate surface area is 111 Å². The zero-order valence-corrected chi connectivity index (χ0v) is 12.2. The third kappa shape index (κ3) is 2.96. The first-order valence-corrected chi connectivity index (χ1v) is 7.72. The maximum Gasteiger partial charge on any atom is 0.139 e. The molecular formula is C16H28O2. The van der Waals surface area contributed by atoms with Crippen LogP contribution < -0.4 is 0 Å². The fraction of sp³-hybridized carbons (Fsp3) is 0.938. The first-order chi connectivity index (χ1) is 8.54. The summed E-state index contributed by atoms with van der Waals surface area (Å²) in [6, 6.07) is 0. The van der Waals surface area contributed by atoms with E-state index in [4.69, 9.17) is 4.74 Å². The minimum Gasteiger partial charge on any atom is -0.375 e. The van der Waals surface area contributed by atoms with Crippen molar-refractivity contribution in [2.45, 2.75) is 71.3 Å². The summed E-state index contributed by atoms with van der Waals surface area (Å²) >= 11 is 0. The van der Waals surface area contributed by atoms with Gasteiger partial charge in [0, 0.05) is 18.4 Å². The number of hydrogen-bond acceptors (Lipinski definition) is 2. The zero-order chi connectivity index (χ0) is 13.2. The minimum atomic E-state index is 0.0630. The van der Waals surface area contributed by atoms with E-state index >= 15 is 0 Å². The number of rotatable bonds is 3. The summed E-state index contributed by atoms with van der Waals surface area (Å²) in [5.74, 6) is 1.41. The molecule has 2 heteroatoms. The average Bonchev–Trinajstić information content (AvgIpc) is 2.38. The predicted molar refractivity (Wildman–Crippen MR) is 73.5 cm³/mol. The highest BCUT2D eigenvalue weighted by Gasteiger charge is 2.41. The van der Waals surface area contributed by atoms with E-state index in [2.05, 4.69) is 20.8 Å². The van der Waals surface area contributed by atoms with Gasteiger partial charge in [-0.2, -0.15) is 0 Å². The van der Waals surface area contributed by atoms with E-state index in [1.165, 1.54) is 32.1 Å². The Kier molecular flexibility index (Phi) is 4.47. The molecule has 2 nitrogen and oxygen atoms in total. The molecule has 1 aliphatic carbocycles. The maximum absolute atomic E-state index is 12.5. The Morgan fingerprint density at radius 3 is 2.44 bits per heavy atom. The Hall–Kier alpha value is -0.370. The normalized spacial score (nSPS) is 29.4. The van der Waals surface area contributed by atoms with Crippen LogP contribution in [0.2, 0.25) is 0 Å². The third-order valence-corrected chi connectivity index (χ3v) is 5.11. The molecule has 18 heavy (non-hydrogen) atoms. The molecule has 0 radical (unpaired) electrons. The fourth-order valence-corrected chi connectivity index (χ4v) is 3.52. The summed E-state index contributed by atoms with van der Waals surface area (Å²) in [6.07, 6.45) is 8.17. The molecule has 2 rings (SSSR count). The van der Waals surface area contributed by atoms with Crippen molar-refractivity contribution in [2.24, 2.45) is 17.8 Å². The number of hydrogen-bond donors (Lipinski definition) is 0. The van der Waals surface area contributed by atoms with E-state index in [0.717, 1.165) is 19.4 Å². The van der Waals surface area contributed by atoms with Crippen molar-refractivity contribution < 1.29 is 9.53 Å². The highest BCUT2D eigenvalue weighted by atomic mass is 16.5. The monoisotopic (exact) mass is 252 g/mol. The van der Waals surface area contributed by atoms with Gasteiger partial charge in [-0.05, 0) is 31.6 Å². The molecule has 0 aromatic heterocycles. The van der Waals surface area contributed by atoms with Crippen molar-refractivity contribution in [1.82, 2.24) is 0 Å². The topological polar surface area (TPSA) is 26.3 Å². The fourth-order valence-electron chi connectivity index (χ4n) is 3.52. The van der Waals surface area contributed by atoms with E-state index in [1.807, 2.05) is 0 Å². The van der Waals surface area contributed by atoms with Crippen molar-refractivity contribution in [2.75, 3.05) is 6.61 Å². The van der Waals surface area contributed by atoms with Gasteiger partial charge in [-0.3, -0.25) is 4.79 Å². The average molecular weight is 252 g/mol. The molecule has 2 unspecified atom stereocenters. The van der Waals surface area contributed by atoms with Gasteiger partial charge < -0.3 is 4.74 Å². The molecule has 1 spiro atoms. The van der Waals surface area contributed by atoms with Crippen LogP contribution in [0.3, 0.4) is 0 Å². The first-order valence-electron chi connectivity index (χ1n) is 7.72. The molecule has 1 saturated carbocycles. The molecule has 0 aromatic rings. The van der Waals surface area contributed by atoms with Gasteiger partial charge in [0.2, 0.25) is 0 Å². The number of ether oxygens (including phenoxy) is 1. The maximum atomic E-state index is 12.5. The largest absolute Gasteiger partial charge is 0.375 e. The summed E-state index contributed by atoms with van der Waals surface area (Å²) in [4.78, 5) is 12.5. The summed E-state index contributed by atoms with van der Waals surface area (Å²) in [7, 11) is 0. The van der Waals surface area contributed by atoms with Crippen molar-refractivity contribution in [3.8, 4) is 0 Å². The molecule has 1 aliphatic heterocycles. The standard InChI is InChI=1S/C16H28O2/c1-12(2)13(3)15(17)14-7-10-18-16(11-14)8-5-4-6-9-16/h12-14H,4-11H2,1-3H3. The number of Topliss-reactive ketones (excluding diaryl/α,β-unsaturated/α-hetero) is 1. The molecule has 0 bridgehead atoms. The van der Waals surface area contributed by atoms with E-state index in [1.54, 1.807) is 0 Å². The van der Waals surface area contributed by atoms with Crippen LogP contribution in [0.15, 0.2) is 0 Å². The molecule has 2 fully saturated rings. The van der Waals surface area contributed by atoms with Crippen LogP contribution in [0.4, 0.5) is 0 Å². The summed E-state index contributed by atoms with van der Waals surface area (Å²) in [5, 5.41) is 0. The Morgan fingerprint density at radius 2 is 1.83 bits per heavy atom. The SMILES string of the molecule is CC(C)C(C)C(=O)C1CCOC2(CCCCC2)C1. The number of carbonyl (C=O) groups excluding carboxylic acids is 1. The minimum absolute atomic E-state index is 0.0630. The van der Waals surface area contributed by atoms with Crippen LogP contribution in [0.1, 0.15) is 65.7 Å². The predicted octanol–water partition coefficient (Wildman–Crippen LogP) is 3.98. The second kappa shape index (κ2) is 5.73. The van der Waals surface area contributed by atoms with Gasteiger partial charge in [0.05, 0.1) is 5.60 Å². The van der Waals surface area contributed by atoms with Crippen molar-refractivity contribution in [1.29, 1.82) is 0 Å². The van der Waals surface area contributed by atoms with Gasteiger partial charge in [0.25, 0.3) is 0 Å². The lowest BCUT2D eigenvalue weighted by Gasteiger charge is -2.43. The molecule has 2 atom stereocenters. The summed E-state index contributed by atoms with van der Waals surface area (Å²) in [6.45, 7) is 7.19.